The van der Waals surface area contributed by atoms with Gasteiger partial charge in [-0.05, 0) is 45.2 Å². The van der Waals surface area contributed by atoms with Crippen LogP contribution in [0.5, 0.6) is 0 Å². The van der Waals surface area contributed by atoms with Gasteiger partial charge in [-0.15, -0.1) is 0 Å². The molecule has 2 nitrogen and oxygen atoms in total. The molecule has 2 atom stereocenters. The van der Waals surface area contributed by atoms with Gasteiger partial charge in [0.05, 0.1) is 0 Å². The third kappa shape index (κ3) is 4.52. The Kier molecular flexibility index (Phi) is 5.62. The molecule has 0 bridgehead atoms. The second-order valence-corrected chi connectivity index (χ2v) is 5.37. The number of hydrogen-bond acceptors (Lipinski definition) is 2. The maximum absolute atomic E-state index is 3.64. The number of nitrogens with one attached hydrogen (secondary N) is 1. The van der Waals surface area contributed by atoms with E-state index < -0.39 is 0 Å². The summed E-state index contributed by atoms with van der Waals surface area (Å²) < 4.78 is 0. The summed E-state index contributed by atoms with van der Waals surface area (Å²) in [6.07, 6.45) is 3.89. The fourth-order valence-corrected chi connectivity index (χ4v) is 2.22. The number of hydrogen-bond donors (Lipinski definition) is 1. The van der Waals surface area contributed by atoms with Crippen LogP contribution in [0.3, 0.4) is 0 Å². The first-order valence-corrected chi connectivity index (χ1v) is 6.61. The van der Waals surface area contributed by atoms with Gasteiger partial charge < -0.3 is 5.32 Å². The molecule has 1 saturated heterocycles. The van der Waals surface area contributed by atoms with Gasteiger partial charge in [-0.1, -0.05) is 20.8 Å². The van der Waals surface area contributed by atoms with Gasteiger partial charge in [-0.2, -0.15) is 0 Å². The Morgan fingerprint density at radius 3 is 2.73 bits per heavy atom. The fraction of sp³-hybridized carbons (Fsp3) is 1.00. The lowest BCUT2D eigenvalue weighted by molar-refractivity contribution is 0.193. The van der Waals surface area contributed by atoms with Gasteiger partial charge in [0.1, 0.15) is 0 Å². The second kappa shape index (κ2) is 6.49. The zero-order valence-electron chi connectivity index (χ0n) is 10.9. The number of rotatable bonds is 4. The molecule has 15 heavy (non-hydrogen) atoms. The highest BCUT2D eigenvalue weighted by atomic mass is 15.2. The summed E-state index contributed by atoms with van der Waals surface area (Å²) in [5.74, 6) is 0.827. The molecular formula is C13H28N2. The van der Waals surface area contributed by atoms with E-state index in [4.69, 9.17) is 0 Å². The lowest BCUT2D eigenvalue weighted by atomic mass is 10.1. The molecule has 1 N–H and O–H groups in total. The first-order valence-electron chi connectivity index (χ1n) is 6.61. The van der Waals surface area contributed by atoms with Crippen LogP contribution in [0.25, 0.3) is 0 Å². The van der Waals surface area contributed by atoms with Crippen LogP contribution in [0.4, 0.5) is 0 Å². The molecule has 0 aromatic heterocycles. The summed E-state index contributed by atoms with van der Waals surface area (Å²) in [5.41, 5.74) is 0. The van der Waals surface area contributed by atoms with Crippen molar-refractivity contribution in [3.63, 3.8) is 0 Å². The largest absolute Gasteiger partial charge is 0.313 e. The third-order valence-corrected chi connectivity index (χ3v) is 3.56. The van der Waals surface area contributed by atoms with Gasteiger partial charge in [0.2, 0.25) is 0 Å². The molecule has 1 heterocycles. The van der Waals surface area contributed by atoms with Crippen LogP contribution in [0.2, 0.25) is 0 Å². The van der Waals surface area contributed by atoms with E-state index >= 15 is 0 Å². The molecule has 0 amide bonds. The predicted octanol–water partition coefficient (Wildman–Crippen LogP) is 2.49. The topological polar surface area (TPSA) is 15.3 Å². The van der Waals surface area contributed by atoms with Gasteiger partial charge in [0.15, 0.2) is 0 Å². The van der Waals surface area contributed by atoms with Crippen molar-refractivity contribution in [1.29, 1.82) is 0 Å². The first kappa shape index (κ1) is 13.0. The lowest BCUT2D eigenvalue weighted by Gasteiger charge is -2.29. The Hall–Kier alpha value is -0.0800. The molecular weight excluding hydrogens is 184 g/mol. The van der Waals surface area contributed by atoms with Crippen LogP contribution in [0.15, 0.2) is 0 Å². The average molecular weight is 212 g/mol. The van der Waals surface area contributed by atoms with Gasteiger partial charge in [0, 0.05) is 18.6 Å². The van der Waals surface area contributed by atoms with E-state index in [0.717, 1.165) is 12.0 Å². The monoisotopic (exact) mass is 212 g/mol. The molecule has 2 heteroatoms. The van der Waals surface area contributed by atoms with E-state index in [0.29, 0.717) is 6.04 Å². The maximum atomic E-state index is 3.64. The highest BCUT2D eigenvalue weighted by Crippen LogP contribution is 2.12. The van der Waals surface area contributed by atoms with Crippen molar-refractivity contribution >= 4 is 0 Å². The molecule has 1 rings (SSSR count). The minimum absolute atomic E-state index is 0.710. The molecule has 0 aromatic rings. The summed E-state index contributed by atoms with van der Waals surface area (Å²) in [6, 6.07) is 1.47. The highest BCUT2D eigenvalue weighted by Gasteiger charge is 2.21. The zero-order valence-corrected chi connectivity index (χ0v) is 10.9. The van der Waals surface area contributed by atoms with Gasteiger partial charge in [-0.25, -0.2) is 0 Å². The summed E-state index contributed by atoms with van der Waals surface area (Å²) in [5, 5.41) is 3.64. The van der Waals surface area contributed by atoms with E-state index in [9.17, 15) is 0 Å². The minimum Gasteiger partial charge on any atom is -0.313 e. The highest BCUT2D eigenvalue weighted by molar-refractivity contribution is 4.80. The molecule has 0 aliphatic carbocycles. The molecule has 90 valence electrons. The Balaban J connectivity index is 2.42. The summed E-state index contributed by atoms with van der Waals surface area (Å²) >= 11 is 0. The number of nitrogens with zero attached hydrogens (tertiary/aromatic N) is 1. The van der Waals surface area contributed by atoms with Gasteiger partial charge in [-0.3, -0.25) is 4.90 Å². The lowest BCUT2D eigenvalue weighted by Crippen LogP contribution is -2.40. The van der Waals surface area contributed by atoms with Crippen LogP contribution >= 0.6 is 0 Å². The Morgan fingerprint density at radius 1 is 1.40 bits per heavy atom. The molecule has 0 aromatic carbocycles. The van der Waals surface area contributed by atoms with E-state index in [-0.39, 0.29) is 0 Å². The van der Waals surface area contributed by atoms with Crippen LogP contribution in [-0.4, -0.2) is 36.6 Å². The second-order valence-electron chi connectivity index (χ2n) is 5.37. The fourth-order valence-electron chi connectivity index (χ4n) is 2.22. The zero-order chi connectivity index (χ0) is 11.3. The summed E-state index contributed by atoms with van der Waals surface area (Å²) in [4.78, 5) is 2.67. The molecule has 0 spiro atoms. The Labute approximate surface area is 95.4 Å². The van der Waals surface area contributed by atoms with Crippen molar-refractivity contribution in [2.45, 2.75) is 59.0 Å². The van der Waals surface area contributed by atoms with Gasteiger partial charge >= 0.3 is 0 Å². The Morgan fingerprint density at radius 2 is 2.13 bits per heavy atom. The molecule has 2 unspecified atom stereocenters. The molecule has 1 fully saturated rings. The van der Waals surface area contributed by atoms with Crippen LogP contribution in [0.1, 0.15) is 47.0 Å². The van der Waals surface area contributed by atoms with E-state index in [1.807, 2.05) is 0 Å². The van der Waals surface area contributed by atoms with Gasteiger partial charge in [0.25, 0.3) is 0 Å². The standard InChI is InChI=1S/C13H28N2/c1-5-13-10-15(9-7-11(2)3)12(4)6-8-14-13/h11-14H,5-10H2,1-4H3. The van der Waals surface area contributed by atoms with Crippen molar-refractivity contribution in [3.05, 3.63) is 0 Å². The molecule has 0 saturated carbocycles. The van der Waals surface area contributed by atoms with Crippen molar-refractivity contribution in [3.8, 4) is 0 Å². The van der Waals surface area contributed by atoms with Crippen molar-refractivity contribution in [1.82, 2.24) is 10.2 Å². The first-order chi connectivity index (χ1) is 7.13. The van der Waals surface area contributed by atoms with Crippen molar-refractivity contribution in [2.24, 2.45) is 5.92 Å². The molecule has 0 radical (unpaired) electrons. The quantitative estimate of drug-likeness (QED) is 0.770. The summed E-state index contributed by atoms with van der Waals surface area (Å²) in [6.45, 7) is 13.0. The average Bonchev–Trinajstić information content (AvgIpc) is 2.37. The minimum atomic E-state index is 0.710. The van der Waals surface area contributed by atoms with E-state index in [1.54, 1.807) is 0 Å². The molecule has 1 aliphatic heterocycles. The maximum Gasteiger partial charge on any atom is 0.0192 e. The van der Waals surface area contributed by atoms with E-state index in [1.165, 1.54) is 38.9 Å². The van der Waals surface area contributed by atoms with Crippen LogP contribution < -0.4 is 5.32 Å². The predicted molar refractivity (Wildman–Crippen MR) is 67.2 cm³/mol. The summed E-state index contributed by atoms with van der Waals surface area (Å²) in [7, 11) is 0. The SMILES string of the molecule is CCC1CN(CCC(C)C)C(C)CCN1. The third-order valence-electron chi connectivity index (χ3n) is 3.56. The smallest absolute Gasteiger partial charge is 0.0192 e. The van der Waals surface area contributed by atoms with Crippen molar-refractivity contribution < 1.29 is 0 Å². The normalized spacial score (nSPS) is 29.4. The molecule has 1 aliphatic rings. The van der Waals surface area contributed by atoms with Crippen molar-refractivity contribution in [2.75, 3.05) is 19.6 Å². The van der Waals surface area contributed by atoms with E-state index in [2.05, 4.69) is 37.9 Å². The Bertz CT molecular complexity index is 168. The van der Waals surface area contributed by atoms with Crippen LogP contribution in [0, 0.1) is 5.92 Å². The van der Waals surface area contributed by atoms with Crippen LogP contribution in [-0.2, 0) is 0 Å².